The molecule has 2 heteroatoms. The molecule has 2 nitrogen and oxygen atoms in total. The van der Waals surface area contributed by atoms with Crippen LogP contribution in [0, 0.1) is 5.92 Å². The highest BCUT2D eigenvalue weighted by molar-refractivity contribution is 5.85. The van der Waals surface area contributed by atoms with E-state index in [4.69, 9.17) is 5.73 Å². The fourth-order valence-electron chi connectivity index (χ4n) is 1.75. The summed E-state index contributed by atoms with van der Waals surface area (Å²) in [4.78, 5) is 11.8. The minimum atomic E-state index is -0.426. The molecule has 0 amide bonds. The van der Waals surface area contributed by atoms with Crippen molar-refractivity contribution in [2.24, 2.45) is 11.7 Å². The molecule has 0 heterocycles. The van der Waals surface area contributed by atoms with E-state index < -0.39 is 6.04 Å². The van der Waals surface area contributed by atoms with Crippen molar-refractivity contribution in [2.75, 3.05) is 0 Å². The second kappa shape index (κ2) is 4.58. The van der Waals surface area contributed by atoms with Gasteiger partial charge in [-0.25, -0.2) is 0 Å². The Kier molecular flexibility index (Phi) is 3.17. The number of ketones is 1. The highest BCUT2D eigenvalue weighted by Crippen LogP contribution is 2.34. The highest BCUT2D eigenvalue weighted by atomic mass is 16.1. The van der Waals surface area contributed by atoms with Gasteiger partial charge in [0.25, 0.3) is 0 Å². The Bertz CT molecular complexity index is 330. The summed E-state index contributed by atoms with van der Waals surface area (Å²) >= 11 is 0. The van der Waals surface area contributed by atoms with Crippen molar-refractivity contribution >= 4 is 5.78 Å². The molecule has 1 atom stereocenters. The van der Waals surface area contributed by atoms with Crippen LogP contribution >= 0.6 is 0 Å². The van der Waals surface area contributed by atoms with Crippen LogP contribution < -0.4 is 5.73 Å². The van der Waals surface area contributed by atoms with Crippen molar-refractivity contribution in [1.82, 2.24) is 0 Å². The average molecular weight is 203 g/mol. The van der Waals surface area contributed by atoms with Gasteiger partial charge in [0.15, 0.2) is 5.78 Å². The molecule has 2 N–H and O–H groups in total. The SMILES string of the molecule is N[C@@H](C(=O)CCC1CC1)c1ccccc1. The summed E-state index contributed by atoms with van der Waals surface area (Å²) in [5.74, 6) is 0.977. The summed E-state index contributed by atoms with van der Waals surface area (Å²) in [6.07, 6.45) is 4.27. The molecule has 0 bridgehead atoms. The molecule has 0 unspecified atom stereocenters. The summed E-state index contributed by atoms with van der Waals surface area (Å²) < 4.78 is 0. The molecule has 1 aliphatic rings. The van der Waals surface area contributed by atoms with Crippen LogP contribution in [0.5, 0.6) is 0 Å². The zero-order valence-electron chi connectivity index (χ0n) is 8.86. The maximum Gasteiger partial charge on any atom is 0.154 e. The summed E-state index contributed by atoms with van der Waals surface area (Å²) in [6.45, 7) is 0. The second-order valence-corrected chi connectivity index (χ2v) is 4.34. The van der Waals surface area contributed by atoms with E-state index in [-0.39, 0.29) is 5.78 Å². The predicted octanol–water partition coefficient (Wildman–Crippen LogP) is 2.45. The number of nitrogens with two attached hydrogens (primary N) is 1. The molecular weight excluding hydrogens is 186 g/mol. The molecule has 1 aromatic carbocycles. The Hall–Kier alpha value is -1.15. The van der Waals surface area contributed by atoms with Crippen LogP contribution in [0.4, 0.5) is 0 Å². The lowest BCUT2D eigenvalue weighted by molar-refractivity contribution is -0.120. The molecule has 1 aromatic rings. The van der Waals surface area contributed by atoms with Crippen molar-refractivity contribution < 1.29 is 4.79 Å². The first kappa shape index (κ1) is 10.4. The molecule has 0 saturated heterocycles. The van der Waals surface area contributed by atoms with Gasteiger partial charge in [0.2, 0.25) is 0 Å². The molecule has 1 aliphatic carbocycles. The van der Waals surface area contributed by atoms with Gasteiger partial charge in [-0.1, -0.05) is 43.2 Å². The van der Waals surface area contributed by atoms with Gasteiger partial charge >= 0.3 is 0 Å². The fourth-order valence-corrected chi connectivity index (χ4v) is 1.75. The molecular formula is C13H17NO. The summed E-state index contributed by atoms with van der Waals surface area (Å²) in [7, 11) is 0. The van der Waals surface area contributed by atoms with Crippen LogP contribution in [0.2, 0.25) is 0 Å². The van der Waals surface area contributed by atoms with Gasteiger partial charge in [-0.05, 0) is 17.9 Å². The lowest BCUT2D eigenvalue weighted by atomic mass is 10.00. The molecule has 0 aromatic heterocycles. The molecule has 2 rings (SSSR count). The van der Waals surface area contributed by atoms with Gasteiger partial charge in [0.05, 0.1) is 6.04 Å². The van der Waals surface area contributed by atoms with Crippen molar-refractivity contribution in [2.45, 2.75) is 31.7 Å². The van der Waals surface area contributed by atoms with Gasteiger partial charge in [-0.2, -0.15) is 0 Å². The largest absolute Gasteiger partial charge is 0.318 e. The number of hydrogen-bond donors (Lipinski definition) is 1. The quantitative estimate of drug-likeness (QED) is 0.798. The third-order valence-electron chi connectivity index (χ3n) is 3.00. The van der Waals surface area contributed by atoms with Gasteiger partial charge < -0.3 is 5.73 Å². The first-order valence-electron chi connectivity index (χ1n) is 5.60. The summed E-state index contributed by atoms with van der Waals surface area (Å²) in [5.41, 5.74) is 6.82. The Balaban J connectivity index is 1.88. The number of carbonyl (C=O) groups excluding carboxylic acids is 1. The lowest BCUT2D eigenvalue weighted by Gasteiger charge is -2.10. The molecule has 1 fully saturated rings. The normalized spacial score (nSPS) is 17.4. The van der Waals surface area contributed by atoms with E-state index in [1.165, 1.54) is 12.8 Å². The van der Waals surface area contributed by atoms with Crippen LogP contribution in [-0.2, 0) is 4.79 Å². The summed E-state index contributed by atoms with van der Waals surface area (Å²) in [5, 5.41) is 0. The van der Waals surface area contributed by atoms with Crippen molar-refractivity contribution in [3.63, 3.8) is 0 Å². The number of benzene rings is 1. The first-order chi connectivity index (χ1) is 7.27. The third-order valence-corrected chi connectivity index (χ3v) is 3.00. The Labute approximate surface area is 90.5 Å². The fraction of sp³-hybridized carbons (Fsp3) is 0.462. The van der Waals surface area contributed by atoms with Crippen LogP contribution in [0.25, 0.3) is 0 Å². The molecule has 0 radical (unpaired) electrons. The molecule has 1 saturated carbocycles. The number of rotatable bonds is 5. The van der Waals surface area contributed by atoms with E-state index in [9.17, 15) is 4.79 Å². The Morgan fingerprint density at radius 2 is 2.00 bits per heavy atom. The lowest BCUT2D eigenvalue weighted by Crippen LogP contribution is -2.21. The van der Waals surface area contributed by atoms with Crippen molar-refractivity contribution in [3.05, 3.63) is 35.9 Å². The maximum atomic E-state index is 11.8. The second-order valence-electron chi connectivity index (χ2n) is 4.34. The van der Waals surface area contributed by atoms with Crippen molar-refractivity contribution in [1.29, 1.82) is 0 Å². The first-order valence-corrected chi connectivity index (χ1v) is 5.60. The van der Waals surface area contributed by atoms with Gasteiger partial charge in [-0.15, -0.1) is 0 Å². The standard InChI is InChI=1S/C13H17NO/c14-13(11-4-2-1-3-5-11)12(15)9-8-10-6-7-10/h1-5,10,13H,6-9,14H2/t13-/m1/s1. The highest BCUT2D eigenvalue weighted by Gasteiger charge is 2.23. The topological polar surface area (TPSA) is 43.1 Å². The molecule has 0 spiro atoms. The zero-order valence-corrected chi connectivity index (χ0v) is 8.86. The van der Waals surface area contributed by atoms with E-state index in [0.717, 1.165) is 17.9 Å². The summed E-state index contributed by atoms with van der Waals surface area (Å²) in [6, 6.07) is 9.18. The number of hydrogen-bond acceptors (Lipinski definition) is 2. The predicted molar refractivity (Wildman–Crippen MR) is 60.3 cm³/mol. The number of Topliss-reactive ketones (excluding diaryl/α,β-unsaturated/α-hetero) is 1. The Morgan fingerprint density at radius 1 is 1.33 bits per heavy atom. The average Bonchev–Trinajstić information content (AvgIpc) is 3.10. The minimum Gasteiger partial charge on any atom is -0.318 e. The maximum absolute atomic E-state index is 11.8. The molecule has 80 valence electrons. The van der Waals surface area contributed by atoms with E-state index in [1.54, 1.807) is 0 Å². The zero-order chi connectivity index (χ0) is 10.7. The van der Waals surface area contributed by atoms with E-state index in [2.05, 4.69) is 0 Å². The monoisotopic (exact) mass is 203 g/mol. The van der Waals surface area contributed by atoms with Crippen LogP contribution in [0.15, 0.2) is 30.3 Å². The Morgan fingerprint density at radius 3 is 2.60 bits per heavy atom. The van der Waals surface area contributed by atoms with Gasteiger partial charge in [-0.3, -0.25) is 4.79 Å². The van der Waals surface area contributed by atoms with Gasteiger partial charge in [0.1, 0.15) is 0 Å². The van der Waals surface area contributed by atoms with E-state index in [0.29, 0.717) is 6.42 Å². The molecule has 0 aliphatic heterocycles. The van der Waals surface area contributed by atoms with Crippen LogP contribution in [0.1, 0.15) is 37.3 Å². The third kappa shape index (κ3) is 2.90. The number of carbonyl (C=O) groups is 1. The van der Waals surface area contributed by atoms with Crippen LogP contribution in [-0.4, -0.2) is 5.78 Å². The van der Waals surface area contributed by atoms with E-state index in [1.807, 2.05) is 30.3 Å². The minimum absolute atomic E-state index is 0.174. The van der Waals surface area contributed by atoms with Crippen molar-refractivity contribution in [3.8, 4) is 0 Å². The molecule has 15 heavy (non-hydrogen) atoms. The van der Waals surface area contributed by atoms with E-state index >= 15 is 0 Å². The van der Waals surface area contributed by atoms with Gasteiger partial charge in [0, 0.05) is 6.42 Å². The smallest absolute Gasteiger partial charge is 0.154 e. The van der Waals surface area contributed by atoms with Crippen LogP contribution in [0.3, 0.4) is 0 Å².